The van der Waals surface area contributed by atoms with Crippen molar-refractivity contribution in [2.75, 3.05) is 19.8 Å². The third kappa shape index (κ3) is 5.09. The summed E-state index contributed by atoms with van der Waals surface area (Å²) in [5.74, 6) is 2.26. The Labute approximate surface area is 216 Å². The SMILES string of the molecule is CC[C@H](c1nnnn1C[C@@H]1CCCO1)N(Cc1cc2cc3c(cc2[nH]c1=O)OCCO3)C1CCCCC1. The van der Waals surface area contributed by atoms with Crippen LogP contribution in [-0.4, -0.2) is 62.1 Å². The Morgan fingerprint density at radius 1 is 1.05 bits per heavy atom. The topological polar surface area (TPSA) is 107 Å². The molecule has 0 amide bonds. The molecule has 1 aromatic carbocycles. The van der Waals surface area contributed by atoms with Gasteiger partial charge in [0, 0.05) is 36.2 Å². The third-order valence-corrected chi connectivity index (χ3v) is 8.03. The minimum absolute atomic E-state index is 0.00914. The summed E-state index contributed by atoms with van der Waals surface area (Å²) in [6.07, 6.45) is 9.04. The van der Waals surface area contributed by atoms with Crippen molar-refractivity contribution < 1.29 is 14.2 Å². The van der Waals surface area contributed by atoms with E-state index in [4.69, 9.17) is 14.2 Å². The summed E-state index contributed by atoms with van der Waals surface area (Å²) in [5.41, 5.74) is 1.43. The highest BCUT2D eigenvalue weighted by Gasteiger charge is 2.33. The highest BCUT2D eigenvalue weighted by atomic mass is 16.6. The minimum atomic E-state index is -0.0706. The van der Waals surface area contributed by atoms with Crippen molar-refractivity contribution in [3.63, 3.8) is 0 Å². The summed E-state index contributed by atoms with van der Waals surface area (Å²) < 4.78 is 19.3. The number of pyridine rings is 1. The third-order valence-electron chi connectivity index (χ3n) is 8.03. The Hall–Kier alpha value is -2.98. The molecule has 0 radical (unpaired) electrons. The molecule has 6 rings (SSSR count). The second kappa shape index (κ2) is 10.8. The number of benzene rings is 1. The lowest BCUT2D eigenvalue weighted by molar-refractivity contribution is 0.0734. The van der Waals surface area contributed by atoms with Crippen LogP contribution >= 0.6 is 0 Å². The number of aromatic nitrogens is 5. The molecule has 10 heteroatoms. The van der Waals surface area contributed by atoms with E-state index in [0.717, 1.165) is 66.8 Å². The molecule has 0 bridgehead atoms. The lowest BCUT2D eigenvalue weighted by atomic mass is 9.92. The number of nitrogens with one attached hydrogen (secondary N) is 1. The lowest BCUT2D eigenvalue weighted by Gasteiger charge is -2.39. The fourth-order valence-electron chi connectivity index (χ4n) is 6.14. The number of tetrazole rings is 1. The Kier molecular flexibility index (Phi) is 7.10. The van der Waals surface area contributed by atoms with Gasteiger partial charge in [-0.25, -0.2) is 4.68 Å². The molecule has 1 saturated heterocycles. The average molecular weight is 509 g/mol. The van der Waals surface area contributed by atoms with E-state index in [1.807, 2.05) is 22.9 Å². The predicted molar refractivity (Wildman–Crippen MR) is 138 cm³/mol. The van der Waals surface area contributed by atoms with E-state index >= 15 is 0 Å². The highest BCUT2D eigenvalue weighted by Crippen LogP contribution is 2.35. The van der Waals surface area contributed by atoms with Crippen LogP contribution < -0.4 is 15.0 Å². The van der Waals surface area contributed by atoms with Crippen LogP contribution in [0.2, 0.25) is 0 Å². The van der Waals surface area contributed by atoms with Crippen molar-refractivity contribution >= 4 is 10.9 Å². The minimum Gasteiger partial charge on any atom is -0.486 e. The Morgan fingerprint density at radius 2 is 1.86 bits per heavy atom. The number of hydrogen-bond acceptors (Lipinski definition) is 8. The van der Waals surface area contributed by atoms with E-state index < -0.39 is 0 Å². The monoisotopic (exact) mass is 508 g/mol. The number of H-pyrrole nitrogens is 1. The Morgan fingerprint density at radius 3 is 2.62 bits per heavy atom. The maximum Gasteiger partial charge on any atom is 0.252 e. The predicted octanol–water partition coefficient (Wildman–Crippen LogP) is 3.75. The van der Waals surface area contributed by atoms with Crippen molar-refractivity contribution in [2.24, 2.45) is 0 Å². The smallest absolute Gasteiger partial charge is 0.252 e. The molecule has 1 saturated carbocycles. The first-order valence-electron chi connectivity index (χ1n) is 13.8. The summed E-state index contributed by atoms with van der Waals surface area (Å²) in [7, 11) is 0. The second-order valence-corrected chi connectivity index (χ2v) is 10.4. The molecule has 2 fully saturated rings. The zero-order valence-corrected chi connectivity index (χ0v) is 21.5. The molecule has 4 heterocycles. The fraction of sp³-hybridized carbons (Fsp3) is 0.630. The van der Waals surface area contributed by atoms with Crippen LogP contribution in [-0.2, 0) is 17.8 Å². The quantitative estimate of drug-likeness (QED) is 0.490. The number of aromatic amines is 1. The second-order valence-electron chi connectivity index (χ2n) is 10.4. The molecule has 1 N–H and O–H groups in total. The van der Waals surface area contributed by atoms with Crippen molar-refractivity contribution in [3.8, 4) is 11.5 Å². The molecule has 3 aliphatic rings. The molecule has 2 atom stereocenters. The first-order chi connectivity index (χ1) is 18.2. The van der Waals surface area contributed by atoms with Gasteiger partial charge in [0.1, 0.15) is 13.2 Å². The largest absolute Gasteiger partial charge is 0.486 e. The summed E-state index contributed by atoms with van der Waals surface area (Å²) in [6.45, 7) is 5.24. The number of nitrogens with zero attached hydrogens (tertiary/aromatic N) is 5. The summed E-state index contributed by atoms with van der Waals surface area (Å²) in [5, 5.41) is 13.8. The standard InChI is InChI=1S/C27H36N6O4/c1-2-23(26-29-30-31-33(26)17-21-9-6-10-35-21)32(20-7-4-3-5-8-20)16-19-13-18-14-24-25(37-12-11-36-24)15-22(18)28-27(19)34/h13-15,20-21,23H,2-12,16-17H2,1H3,(H,28,34)/t21-,23+/m0/s1. The van der Waals surface area contributed by atoms with Crippen LogP contribution in [0.3, 0.4) is 0 Å². The van der Waals surface area contributed by atoms with Gasteiger partial charge in [-0.1, -0.05) is 26.2 Å². The molecule has 0 unspecified atom stereocenters. The average Bonchev–Trinajstić information content (AvgIpc) is 3.61. The van der Waals surface area contributed by atoms with Crippen LogP contribution in [0.4, 0.5) is 0 Å². The van der Waals surface area contributed by atoms with Gasteiger partial charge >= 0.3 is 0 Å². The number of hydrogen-bond donors (Lipinski definition) is 1. The molecule has 37 heavy (non-hydrogen) atoms. The number of rotatable bonds is 8. The van der Waals surface area contributed by atoms with Gasteiger partial charge in [0.2, 0.25) is 0 Å². The van der Waals surface area contributed by atoms with Gasteiger partial charge in [0.25, 0.3) is 5.56 Å². The van der Waals surface area contributed by atoms with Crippen LogP contribution in [0.15, 0.2) is 23.0 Å². The van der Waals surface area contributed by atoms with E-state index in [1.54, 1.807) is 0 Å². The van der Waals surface area contributed by atoms with E-state index in [2.05, 4.69) is 32.3 Å². The van der Waals surface area contributed by atoms with Crippen LogP contribution in [0, 0.1) is 0 Å². The fourth-order valence-corrected chi connectivity index (χ4v) is 6.14. The first-order valence-corrected chi connectivity index (χ1v) is 13.8. The Bertz CT molecular complexity index is 1280. The van der Waals surface area contributed by atoms with Crippen molar-refractivity contribution in [2.45, 2.75) is 89.6 Å². The number of ether oxygens (including phenoxy) is 3. The lowest BCUT2D eigenvalue weighted by Crippen LogP contribution is -2.41. The summed E-state index contributed by atoms with van der Waals surface area (Å²) in [4.78, 5) is 18.9. The molecule has 1 aliphatic carbocycles. The van der Waals surface area contributed by atoms with Gasteiger partial charge in [-0.3, -0.25) is 9.69 Å². The molecule has 3 aromatic rings. The van der Waals surface area contributed by atoms with Crippen LogP contribution in [0.1, 0.15) is 75.7 Å². The molecular formula is C27H36N6O4. The molecule has 2 aromatic heterocycles. The molecule has 0 spiro atoms. The molecule has 10 nitrogen and oxygen atoms in total. The molecule has 2 aliphatic heterocycles. The van der Waals surface area contributed by atoms with Crippen LogP contribution in [0.5, 0.6) is 11.5 Å². The zero-order chi connectivity index (χ0) is 25.2. The van der Waals surface area contributed by atoms with E-state index in [-0.39, 0.29) is 17.7 Å². The van der Waals surface area contributed by atoms with Gasteiger partial charge in [0.15, 0.2) is 17.3 Å². The normalized spacial score (nSPS) is 21.1. The van der Waals surface area contributed by atoms with Crippen molar-refractivity contribution in [1.29, 1.82) is 0 Å². The van der Waals surface area contributed by atoms with E-state index in [0.29, 0.717) is 38.1 Å². The van der Waals surface area contributed by atoms with E-state index in [9.17, 15) is 4.79 Å². The van der Waals surface area contributed by atoms with Gasteiger partial charge in [-0.05, 0) is 54.7 Å². The van der Waals surface area contributed by atoms with Crippen LogP contribution in [0.25, 0.3) is 10.9 Å². The maximum absolute atomic E-state index is 13.3. The van der Waals surface area contributed by atoms with Gasteiger partial charge in [-0.2, -0.15) is 0 Å². The zero-order valence-electron chi connectivity index (χ0n) is 21.5. The number of fused-ring (bicyclic) bond motifs is 2. The van der Waals surface area contributed by atoms with Gasteiger partial charge in [0.05, 0.1) is 24.2 Å². The Balaban J connectivity index is 1.34. The molecule has 198 valence electrons. The van der Waals surface area contributed by atoms with E-state index in [1.165, 1.54) is 19.3 Å². The van der Waals surface area contributed by atoms with Gasteiger partial charge in [-0.15, -0.1) is 5.10 Å². The van der Waals surface area contributed by atoms with Gasteiger partial charge < -0.3 is 19.2 Å². The van der Waals surface area contributed by atoms with Crippen molar-refractivity contribution in [3.05, 3.63) is 39.9 Å². The first kappa shape index (κ1) is 24.4. The summed E-state index contributed by atoms with van der Waals surface area (Å²) in [6, 6.07) is 6.22. The highest BCUT2D eigenvalue weighted by molar-refractivity contribution is 5.83. The van der Waals surface area contributed by atoms with Crippen molar-refractivity contribution in [1.82, 2.24) is 30.1 Å². The maximum atomic E-state index is 13.3. The molecular weight excluding hydrogens is 472 g/mol. The summed E-state index contributed by atoms with van der Waals surface area (Å²) >= 11 is 0.